The van der Waals surface area contributed by atoms with E-state index in [1.54, 1.807) is 0 Å². The number of rotatable bonds is 3. The molecular weight excluding hydrogens is 154 g/mol. The van der Waals surface area contributed by atoms with Crippen LogP contribution in [0.1, 0.15) is 0 Å². The van der Waals surface area contributed by atoms with Crippen molar-refractivity contribution in [1.82, 2.24) is 0 Å². The highest BCUT2D eigenvalue weighted by molar-refractivity contribution is 7.19. The van der Waals surface area contributed by atoms with Crippen molar-refractivity contribution in [2.24, 2.45) is 4.99 Å². The molecule has 0 aromatic rings. The Labute approximate surface area is 60.6 Å². The number of hydrogen-bond acceptors (Lipinski definition) is 2. The van der Waals surface area contributed by atoms with Gasteiger partial charge in [0.2, 0.25) is 6.08 Å². The summed E-state index contributed by atoms with van der Waals surface area (Å²) in [5.41, 5.74) is 0. The molecule has 0 rings (SSSR count). The molecule has 0 saturated heterocycles. The first-order chi connectivity index (χ1) is 4.06. The fraction of sp³-hybridized carbons (Fsp3) is 0.800. The number of aliphatic imine (C=N–C) groups is 1. The maximum absolute atomic E-state index is 9.57. The molecular formula is C5H10ClNOSi. The van der Waals surface area contributed by atoms with E-state index < -0.39 is 7.38 Å². The molecule has 9 heavy (non-hydrogen) atoms. The van der Waals surface area contributed by atoms with E-state index in [2.05, 4.69) is 4.99 Å². The van der Waals surface area contributed by atoms with Crippen molar-refractivity contribution in [3.8, 4) is 0 Å². The van der Waals surface area contributed by atoms with Crippen LogP contribution in [0.5, 0.6) is 0 Å². The van der Waals surface area contributed by atoms with Gasteiger partial charge in [-0.15, -0.1) is 0 Å². The van der Waals surface area contributed by atoms with Crippen LogP contribution in [0.2, 0.25) is 19.1 Å². The lowest BCUT2D eigenvalue weighted by Crippen LogP contribution is -2.16. The number of nitrogens with zero attached hydrogens (tertiary/aromatic N) is 1. The van der Waals surface area contributed by atoms with Gasteiger partial charge in [-0.3, -0.25) is 0 Å². The maximum Gasteiger partial charge on any atom is 0.234 e. The molecule has 0 amide bonds. The molecule has 0 aromatic carbocycles. The highest BCUT2D eigenvalue weighted by atomic mass is 35.6. The number of isocyanates is 1. The van der Waals surface area contributed by atoms with Crippen LogP contribution in [0.3, 0.4) is 0 Å². The normalized spacial score (nSPS) is 10.6. The van der Waals surface area contributed by atoms with Gasteiger partial charge in [0.05, 0.1) is 6.54 Å². The van der Waals surface area contributed by atoms with Crippen LogP contribution in [0.25, 0.3) is 0 Å². The van der Waals surface area contributed by atoms with Gasteiger partial charge >= 0.3 is 0 Å². The van der Waals surface area contributed by atoms with E-state index >= 15 is 0 Å². The third-order valence-electron chi connectivity index (χ3n) is 0.883. The molecule has 0 spiro atoms. The molecule has 0 aliphatic carbocycles. The predicted octanol–water partition coefficient (Wildman–Crippen LogP) is 1.77. The fourth-order valence-electron chi connectivity index (χ4n) is 0.367. The summed E-state index contributed by atoms with van der Waals surface area (Å²) in [5.74, 6) is 0. The monoisotopic (exact) mass is 163 g/mol. The number of hydrogen-bond donors (Lipinski definition) is 0. The molecule has 0 saturated carbocycles. The molecule has 2 nitrogen and oxygen atoms in total. The Balaban J connectivity index is 3.39. The third-order valence-corrected chi connectivity index (χ3v) is 2.86. The maximum atomic E-state index is 9.57. The molecule has 0 radical (unpaired) electrons. The molecule has 0 N–H and O–H groups in total. The topological polar surface area (TPSA) is 29.4 Å². The van der Waals surface area contributed by atoms with Crippen molar-refractivity contribution < 1.29 is 4.79 Å². The summed E-state index contributed by atoms with van der Waals surface area (Å²) in [7, 11) is -1.49. The Morgan fingerprint density at radius 2 is 2.22 bits per heavy atom. The average molecular weight is 164 g/mol. The van der Waals surface area contributed by atoms with E-state index in [4.69, 9.17) is 11.1 Å². The first-order valence-electron chi connectivity index (χ1n) is 2.79. The van der Waals surface area contributed by atoms with E-state index in [1.807, 2.05) is 13.1 Å². The molecule has 0 aliphatic heterocycles. The van der Waals surface area contributed by atoms with Gasteiger partial charge in [0.1, 0.15) is 0 Å². The second-order valence-electron chi connectivity index (χ2n) is 2.44. The van der Waals surface area contributed by atoms with Gasteiger partial charge in [-0.05, 0) is 6.04 Å². The van der Waals surface area contributed by atoms with Gasteiger partial charge < -0.3 is 0 Å². The summed E-state index contributed by atoms with van der Waals surface area (Å²) < 4.78 is 0. The Morgan fingerprint density at radius 1 is 1.67 bits per heavy atom. The van der Waals surface area contributed by atoms with Crippen molar-refractivity contribution in [3.05, 3.63) is 0 Å². The van der Waals surface area contributed by atoms with Gasteiger partial charge in [0.25, 0.3) is 0 Å². The largest absolute Gasteiger partial charge is 0.234 e. The van der Waals surface area contributed by atoms with Gasteiger partial charge in [-0.2, -0.15) is 11.1 Å². The van der Waals surface area contributed by atoms with E-state index in [9.17, 15) is 4.79 Å². The molecule has 0 aliphatic rings. The Morgan fingerprint density at radius 3 is 2.56 bits per heavy atom. The SMILES string of the molecule is C[Si](C)(Cl)CCN=C=O. The van der Waals surface area contributed by atoms with Gasteiger partial charge in [0.15, 0.2) is 7.38 Å². The van der Waals surface area contributed by atoms with E-state index in [1.165, 1.54) is 6.08 Å². The zero-order valence-electron chi connectivity index (χ0n) is 5.65. The highest BCUT2D eigenvalue weighted by Gasteiger charge is 2.15. The first kappa shape index (κ1) is 8.89. The molecule has 0 aromatic heterocycles. The minimum Gasteiger partial charge on any atom is -0.211 e. The van der Waals surface area contributed by atoms with E-state index in [0.29, 0.717) is 6.54 Å². The Hall–Kier alpha value is -0.113. The van der Waals surface area contributed by atoms with Crippen molar-refractivity contribution in [1.29, 1.82) is 0 Å². The quantitative estimate of drug-likeness (QED) is 0.270. The van der Waals surface area contributed by atoms with Crippen molar-refractivity contribution in [2.75, 3.05) is 6.54 Å². The standard InChI is InChI=1S/C5H10ClNOSi/c1-9(2,6)4-3-7-5-8/h3-4H2,1-2H3. The Bertz CT molecular complexity index is 125. The van der Waals surface area contributed by atoms with Gasteiger partial charge in [-0.1, -0.05) is 13.1 Å². The second kappa shape index (κ2) is 3.83. The molecule has 0 atom stereocenters. The highest BCUT2D eigenvalue weighted by Crippen LogP contribution is 2.12. The van der Waals surface area contributed by atoms with Crippen LogP contribution >= 0.6 is 11.1 Å². The van der Waals surface area contributed by atoms with Crippen molar-refractivity contribution >= 4 is 24.5 Å². The van der Waals surface area contributed by atoms with Crippen molar-refractivity contribution in [2.45, 2.75) is 19.1 Å². The average Bonchev–Trinajstić information content (AvgIpc) is 1.63. The number of halogens is 1. The lowest BCUT2D eigenvalue weighted by molar-refractivity contribution is 0.563. The van der Waals surface area contributed by atoms with Crippen LogP contribution in [0.15, 0.2) is 4.99 Å². The summed E-state index contributed by atoms with van der Waals surface area (Å²) in [6, 6.07) is 0.851. The molecule has 0 unspecified atom stereocenters. The van der Waals surface area contributed by atoms with E-state index in [0.717, 1.165) is 6.04 Å². The van der Waals surface area contributed by atoms with E-state index in [-0.39, 0.29) is 0 Å². The summed E-state index contributed by atoms with van der Waals surface area (Å²) >= 11 is 5.92. The third kappa shape index (κ3) is 7.89. The molecule has 0 heterocycles. The van der Waals surface area contributed by atoms with Crippen LogP contribution in [-0.4, -0.2) is 20.0 Å². The molecule has 52 valence electrons. The smallest absolute Gasteiger partial charge is 0.211 e. The lowest BCUT2D eigenvalue weighted by atomic mass is 10.8. The zero-order valence-corrected chi connectivity index (χ0v) is 7.40. The second-order valence-corrected chi connectivity index (χ2v) is 9.45. The minimum atomic E-state index is -1.49. The Kier molecular flexibility index (Phi) is 3.78. The van der Waals surface area contributed by atoms with Gasteiger partial charge in [-0.25, -0.2) is 9.79 Å². The minimum absolute atomic E-state index is 0.534. The molecule has 0 fully saturated rings. The number of carbonyl (C=O) groups excluding carboxylic acids is 1. The summed E-state index contributed by atoms with van der Waals surface area (Å²) in [6.45, 7) is 4.58. The first-order valence-corrected chi connectivity index (χ1v) is 7.01. The van der Waals surface area contributed by atoms with Crippen LogP contribution in [0.4, 0.5) is 0 Å². The van der Waals surface area contributed by atoms with Crippen LogP contribution in [-0.2, 0) is 4.79 Å². The van der Waals surface area contributed by atoms with Crippen LogP contribution < -0.4 is 0 Å². The predicted molar refractivity (Wildman–Crippen MR) is 41.1 cm³/mol. The zero-order chi connectivity index (χ0) is 7.33. The molecule has 0 bridgehead atoms. The fourth-order valence-corrected chi connectivity index (χ4v) is 1.26. The summed E-state index contributed by atoms with van der Waals surface area (Å²) in [5, 5.41) is 0. The summed E-state index contributed by atoms with van der Waals surface area (Å²) in [4.78, 5) is 13.0. The van der Waals surface area contributed by atoms with Crippen molar-refractivity contribution in [3.63, 3.8) is 0 Å². The van der Waals surface area contributed by atoms with Gasteiger partial charge in [0, 0.05) is 0 Å². The molecule has 4 heteroatoms. The summed E-state index contributed by atoms with van der Waals surface area (Å²) in [6.07, 6.45) is 1.48. The lowest BCUT2D eigenvalue weighted by Gasteiger charge is -2.08. The van der Waals surface area contributed by atoms with Crippen LogP contribution in [0, 0.1) is 0 Å².